The Morgan fingerprint density at radius 3 is 2.88 bits per heavy atom. The van der Waals surface area contributed by atoms with E-state index >= 15 is 0 Å². The average Bonchev–Trinajstić information content (AvgIpc) is 2.37. The summed E-state index contributed by atoms with van der Waals surface area (Å²) in [5.41, 5.74) is 3.71. The molecule has 0 saturated heterocycles. The smallest absolute Gasteiger partial charge is 0.181 e. The van der Waals surface area contributed by atoms with Gasteiger partial charge in [0.15, 0.2) is 5.78 Å². The van der Waals surface area contributed by atoms with Crippen molar-refractivity contribution in [1.29, 1.82) is 0 Å². The van der Waals surface area contributed by atoms with E-state index < -0.39 is 0 Å². The molecular weight excluding hydrogens is 212 g/mol. The van der Waals surface area contributed by atoms with E-state index in [9.17, 15) is 4.79 Å². The lowest BCUT2D eigenvalue weighted by Crippen LogP contribution is -2.15. The molecule has 1 aromatic heterocycles. The molecule has 1 aliphatic rings. The summed E-state index contributed by atoms with van der Waals surface area (Å²) in [5, 5.41) is 4.33. The fraction of sp³-hybridized carbons (Fsp3) is 0.286. The minimum atomic E-state index is 0.175. The summed E-state index contributed by atoms with van der Waals surface area (Å²) in [6, 6.07) is 7.96. The maximum absolute atomic E-state index is 11.9. The quantitative estimate of drug-likeness (QED) is 0.813. The number of Topliss-reactive ketones (excluding diaryl/α,β-unsaturated/α-hetero) is 1. The summed E-state index contributed by atoms with van der Waals surface area (Å²) in [4.78, 5) is 16.4. The summed E-state index contributed by atoms with van der Waals surface area (Å²) in [5.74, 6) is 0.175. The number of hydrogen-bond donors (Lipinski definition) is 1. The van der Waals surface area contributed by atoms with Crippen LogP contribution in [0.3, 0.4) is 0 Å². The summed E-state index contributed by atoms with van der Waals surface area (Å²) < 4.78 is 0. The van der Waals surface area contributed by atoms with Gasteiger partial charge >= 0.3 is 0 Å². The second-order valence-electron chi connectivity index (χ2n) is 4.36. The number of hydrogen-bond acceptors (Lipinski definition) is 3. The second kappa shape index (κ2) is 3.84. The van der Waals surface area contributed by atoms with Crippen LogP contribution in [0.15, 0.2) is 24.3 Å². The number of ketones is 1. The highest BCUT2D eigenvalue weighted by Crippen LogP contribution is 2.32. The molecule has 1 heterocycles. The monoisotopic (exact) mass is 226 g/mol. The van der Waals surface area contributed by atoms with Gasteiger partial charge in [-0.05, 0) is 18.9 Å². The number of aromatic nitrogens is 1. The van der Waals surface area contributed by atoms with Crippen LogP contribution in [0.2, 0.25) is 0 Å². The maximum Gasteiger partial charge on any atom is 0.181 e. The summed E-state index contributed by atoms with van der Waals surface area (Å²) in [7, 11) is 1.90. The zero-order valence-electron chi connectivity index (χ0n) is 9.79. The first kappa shape index (κ1) is 10.3. The van der Waals surface area contributed by atoms with E-state index in [-0.39, 0.29) is 5.78 Å². The first-order valence-corrected chi connectivity index (χ1v) is 5.94. The summed E-state index contributed by atoms with van der Waals surface area (Å²) >= 11 is 0. The molecule has 0 spiro atoms. The molecular formula is C14H14N2O. The van der Waals surface area contributed by atoms with Gasteiger partial charge in [0, 0.05) is 30.1 Å². The predicted octanol–water partition coefficient (Wildman–Crippen LogP) is 2.80. The van der Waals surface area contributed by atoms with Crippen molar-refractivity contribution >= 4 is 22.4 Å². The molecule has 0 amide bonds. The first-order chi connectivity index (χ1) is 8.31. The molecule has 3 rings (SSSR count). The first-order valence-electron chi connectivity index (χ1n) is 5.94. The predicted molar refractivity (Wildman–Crippen MR) is 68.6 cm³/mol. The van der Waals surface area contributed by atoms with Gasteiger partial charge in [-0.2, -0.15) is 0 Å². The topological polar surface area (TPSA) is 42.0 Å². The highest BCUT2D eigenvalue weighted by Gasteiger charge is 2.22. The lowest BCUT2D eigenvalue weighted by Gasteiger charge is -2.19. The third-order valence-electron chi connectivity index (χ3n) is 3.34. The fourth-order valence-electron chi connectivity index (χ4n) is 2.56. The van der Waals surface area contributed by atoms with Gasteiger partial charge in [-0.25, -0.2) is 4.98 Å². The normalized spacial score (nSPS) is 14.8. The van der Waals surface area contributed by atoms with Crippen LogP contribution in [-0.4, -0.2) is 17.8 Å². The molecule has 17 heavy (non-hydrogen) atoms. The van der Waals surface area contributed by atoms with Crippen molar-refractivity contribution in [3.8, 4) is 0 Å². The Labute approximate surface area is 99.9 Å². The minimum absolute atomic E-state index is 0.175. The molecule has 0 fully saturated rings. The molecule has 3 heteroatoms. The Morgan fingerprint density at radius 2 is 2.06 bits per heavy atom. The zero-order chi connectivity index (χ0) is 11.8. The van der Waals surface area contributed by atoms with E-state index in [1.165, 1.54) is 0 Å². The highest BCUT2D eigenvalue weighted by atomic mass is 16.1. The minimum Gasteiger partial charge on any atom is -0.387 e. The Morgan fingerprint density at radius 1 is 1.24 bits per heavy atom. The number of carbonyl (C=O) groups is 1. The molecule has 0 unspecified atom stereocenters. The van der Waals surface area contributed by atoms with Gasteiger partial charge in [-0.3, -0.25) is 4.79 Å². The van der Waals surface area contributed by atoms with Crippen LogP contribution < -0.4 is 5.32 Å². The van der Waals surface area contributed by atoms with Crippen LogP contribution in [0, 0.1) is 0 Å². The Balaban J connectivity index is 2.40. The standard InChI is InChI=1S/C14H14N2O/c1-15-13-9-5-2-3-7-11(9)16-14-10(13)6-4-8-12(14)17/h2-3,5,7H,4,6,8H2,1H3,(H,15,16). The third kappa shape index (κ3) is 1.50. The van der Waals surface area contributed by atoms with E-state index in [2.05, 4.69) is 10.3 Å². The Bertz CT molecular complexity index is 604. The van der Waals surface area contributed by atoms with Crippen molar-refractivity contribution in [3.05, 3.63) is 35.5 Å². The molecule has 1 N–H and O–H groups in total. The molecule has 86 valence electrons. The van der Waals surface area contributed by atoms with Crippen LogP contribution in [0.5, 0.6) is 0 Å². The van der Waals surface area contributed by atoms with Crippen molar-refractivity contribution in [2.24, 2.45) is 0 Å². The van der Waals surface area contributed by atoms with Gasteiger partial charge in [0.05, 0.1) is 5.52 Å². The van der Waals surface area contributed by atoms with Crippen molar-refractivity contribution in [2.75, 3.05) is 12.4 Å². The van der Waals surface area contributed by atoms with Crippen molar-refractivity contribution in [2.45, 2.75) is 19.3 Å². The number of anilines is 1. The molecule has 3 nitrogen and oxygen atoms in total. The maximum atomic E-state index is 11.9. The molecule has 1 aliphatic carbocycles. The van der Waals surface area contributed by atoms with Gasteiger partial charge in [0.1, 0.15) is 5.69 Å². The lowest BCUT2D eigenvalue weighted by molar-refractivity contribution is 0.0968. The summed E-state index contributed by atoms with van der Waals surface area (Å²) in [6.45, 7) is 0. The third-order valence-corrected chi connectivity index (χ3v) is 3.34. The largest absolute Gasteiger partial charge is 0.387 e. The Hall–Kier alpha value is -1.90. The second-order valence-corrected chi connectivity index (χ2v) is 4.36. The number of fused-ring (bicyclic) bond motifs is 2. The van der Waals surface area contributed by atoms with Gasteiger partial charge in [0.25, 0.3) is 0 Å². The average molecular weight is 226 g/mol. The zero-order valence-corrected chi connectivity index (χ0v) is 9.79. The van der Waals surface area contributed by atoms with E-state index in [1.807, 2.05) is 31.3 Å². The SMILES string of the molecule is CNc1c2c(nc3ccccc13)C(=O)CCC2. The van der Waals surface area contributed by atoms with Crippen LogP contribution in [0.4, 0.5) is 5.69 Å². The Kier molecular flexibility index (Phi) is 2.32. The molecule has 0 saturated carbocycles. The number of nitrogens with zero attached hydrogens (tertiary/aromatic N) is 1. The fourth-order valence-corrected chi connectivity index (χ4v) is 2.56. The molecule has 2 aromatic rings. The van der Waals surface area contributed by atoms with Gasteiger partial charge in [-0.15, -0.1) is 0 Å². The molecule has 0 aliphatic heterocycles. The van der Waals surface area contributed by atoms with Crippen molar-refractivity contribution in [1.82, 2.24) is 4.98 Å². The number of carbonyl (C=O) groups excluding carboxylic acids is 1. The van der Waals surface area contributed by atoms with Gasteiger partial charge < -0.3 is 5.32 Å². The van der Waals surface area contributed by atoms with E-state index in [1.54, 1.807) is 0 Å². The number of pyridine rings is 1. The van der Waals surface area contributed by atoms with Crippen LogP contribution in [0.1, 0.15) is 28.9 Å². The summed E-state index contributed by atoms with van der Waals surface area (Å²) in [6.07, 6.45) is 2.50. The van der Waals surface area contributed by atoms with Gasteiger partial charge in [-0.1, -0.05) is 18.2 Å². The molecule has 0 bridgehead atoms. The van der Waals surface area contributed by atoms with Crippen molar-refractivity contribution < 1.29 is 4.79 Å². The number of rotatable bonds is 1. The van der Waals surface area contributed by atoms with Crippen LogP contribution in [-0.2, 0) is 6.42 Å². The molecule has 0 radical (unpaired) electrons. The molecule has 1 aromatic carbocycles. The number of nitrogens with one attached hydrogen (secondary N) is 1. The van der Waals surface area contributed by atoms with E-state index in [4.69, 9.17) is 0 Å². The van der Waals surface area contributed by atoms with E-state index in [0.29, 0.717) is 12.1 Å². The lowest BCUT2D eigenvalue weighted by atomic mass is 9.92. The van der Waals surface area contributed by atoms with Crippen LogP contribution in [0.25, 0.3) is 10.9 Å². The number of para-hydroxylation sites is 1. The van der Waals surface area contributed by atoms with Crippen LogP contribution >= 0.6 is 0 Å². The van der Waals surface area contributed by atoms with E-state index in [0.717, 1.165) is 35.0 Å². The van der Waals surface area contributed by atoms with Gasteiger partial charge in [0.2, 0.25) is 0 Å². The molecule has 0 atom stereocenters. The van der Waals surface area contributed by atoms with Crippen molar-refractivity contribution in [3.63, 3.8) is 0 Å². The highest BCUT2D eigenvalue weighted by molar-refractivity contribution is 6.04. The number of benzene rings is 1.